The van der Waals surface area contributed by atoms with Gasteiger partial charge in [0.15, 0.2) is 0 Å². The van der Waals surface area contributed by atoms with Crippen LogP contribution in [0, 0.1) is 5.92 Å². The normalized spacial score (nSPS) is 16.8. The van der Waals surface area contributed by atoms with Gasteiger partial charge in [0.05, 0.1) is 10.7 Å². The van der Waals surface area contributed by atoms with Gasteiger partial charge in [-0.15, -0.1) is 0 Å². The summed E-state index contributed by atoms with van der Waals surface area (Å²) in [5.41, 5.74) is 7.75. The molecule has 2 rings (SSSR count). The molecule has 1 saturated carbocycles. The Kier molecular flexibility index (Phi) is 4.42. The van der Waals surface area contributed by atoms with Gasteiger partial charge in [-0.25, -0.2) is 0 Å². The van der Waals surface area contributed by atoms with Gasteiger partial charge in [-0.1, -0.05) is 30.5 Å². The summed E-state index contributed by atoms with van der Waals surface area (Å²) in [5, 5.41) is 0.657. The van der Waals surface area contributed by atoms with E-state index in [-0.39, 0.29) is 0 Å². The van der Waals surface area contributed by atoms with Gasteiger partial charge in [0.1, 0.15) is 0 Å². The quantitative estimate of drug-likeness (QED) is 0.810. The largest absolute Gasteiger partial charge is 0.398 e. The summed E-state index contributed by atoms with van der Waals surface area (Å²) in [6.45, 7) is 0. The lowest BCUT2D eigenvalue weighted by Crippen LogP contribution is -1.97. The highest BCUT2D eigenvalue weighted by Gasteiger charge is 2.14. The number of nitrogens with two attached hydrogens (primary N) is 1. The van der Waals surface area contributed by atoms with Crippen molar-refractivity contribution in [2.45, 2.75) is 31.4 Å². The lowest BCUT2D eigenvalue weighted by atomic mass is 10.1. The van der Waals surface area contributed by atoms with Crippen LogP contribution in [-0.2, 0) is 5.75 Å². The first-order valence-electron chi connectivity index (χ1n) is 5.87. The van der Waals surface area contributed by atoms with Gasteiger partial charge < -0.3 is 5.73 Å². The Balaban J connectivity index is 1.78. The number of benzene rings is 1. The molecule has 0 atom stereocenters. The second kappa shape index (κ2) is 5.83. The van der Waals surface area contributed by atoms with E-state index in [2.05, 4.69) is 6.07 Å². The van der Waals surface area contributed by atoms with Crippen LogP contribution in [0.1, 0.15) is 31.2 Å². The molecule has 1 aliphatic rings. The van der Waals surface area contributed by atoms with Crippen molar-refractivity contribution in [3.05, 3.63) is 28.8 Å². The summed E-state index contributed by atoms with van der Waals surface area (Å²) < 4.78 is 0. The highest BCUT2D eigenvalue weighted by molar-refractivity contribution is 7.98. The van der Waals surface area contributed by atoms with Crippen LogP contribution in [0.25, 0.3) is 0 Å². The molecule has 0 heterocycles. The van der Waals surface area contributed by atoms with Crippen LogP contribution in [0.4, 0.5) is 5.69 Å². The summed E-state index contributed by atoms with van der Waals surface area (Å²) in [4.78, 5) is 0. The molecule has 1 aromatic rings. The van der Waals surface area contributed by atoms with Crippen molar-refractivity contribution in [3.8, 4) is 0 Å². The molecule has 0 saturated heterocycles. The first-order valence-corrected chi connectivity index (χ1v) is 7.40. The number of thioether (sulfide) groups is 1. The van der Waals surface area contributed by atoms with E-state index >= 15 is 0 Å². The number of rotatable bonds is 4. The van der Waals surface area contributed by atoms with Gasteiger partial charge in [0.2, 0.25) is 0 Å². The molecule has 1 aliphatic carbocycles. The summed E-state index contributed by atoms with van der Waals surface area (Å²) in [7, 11) is 0. The van der Waals surface area contributed by atoms with Crippen molar-refractivity contribution in [1.82, 2.24) is 0 Å². The fourth-order valence-electron chi connectivity index (χ4n) is 2.20. The Bertz CT molecular complexity index is 348. The first kappa shape index (κ1) is 12.1. The molecule has 2 N–H and O–H groups in total. The molecule has 3 heteroatoms. The van der Waals surface area contributed by atoms with Crippen LogP contribution < -0.4 is 5.73 Å². The zero-order valence-electron chi connectivity index (χ0n) is 9.42. The number of hydrogen-bond acceptors (Lipinski definition) is 2. The van der Waals surface area contributed by atoms with Crippen LogP contribution in [0.15, 0.2) is 18.2 Å². The topological polar surface area (TPSA) is 26.0 Å². The molecule has 0 bridgehead atoms. The van der Waals surface area contributed by atoms with Crippen LogP contribution in [0.3, 0.4) is 0 Å². The molecule has 0 aromatic heterocycles. The minimum absolute atomic E-state index is 0.657. The van der Waals surface area contributed by atoms with Crippen molar-refractivity contribution < 1.29 is 0 Å². The molecule has 0 radical (unpaired) electrons. The van der Waals surface area contributed by atoms with Gasteiger partial charge in [-0.05, 0) is 42.2 Å². The number of nitrogen functional groups attached to an aromatic ring is 1. The zero-order chi connectivity index (χ0) is 11.4. The predicted molar refractivity (Wildman–Crippen MR) is 74.0 cm³/mol. The molecule has 0 unspecified atom stereocenters. The number of hydrogen-bond donors (Lipinski definition) is 1. The van der Waals surface area contributed by atoms with Crippen LogP contribution in [0.5, 0.6) is 0 Å². The number of halogens is 1. The molecule has 0 amide bonds. The summed E-state index contributed by atoms with van der Waals surface area (Å²) in [6.07, 6.45) is 5.71. The van der Waals surface area contributed by atoms with Gasteiger partial charge in [0.25, 0.3) is 0 Å². The molecular weight excluding hydrogens is 238 g/mol. The van der Waals surface area contributed by atoms with Gasteiger partial charge in [0, 0.05) is 5.75 Å². The van der Waals surface area contributed by atoms with Crippen molar-refractivity contribution in [3.63, 3.8) is 0 Å². The fourth-order valence-corrected chi connectivity index (χ4v) is 3.52. The maximum Gasteiger partial charge on any atom is 0.0635 e. The van der Waals surface area contributed by atoms with E-state index in [0.29, 0.717) is 10.7 Å². The molecule has 1 aromatic carbocycles. The lowest BCUT2D eigenvalue weighted by molar-refractivity contribution is 0.623. The molecule has 0 spiro atoms. The minimum atomic E-state index is 0.657. The molecular formula is C13H18ClNS. The summed E-state index contributed by atoms with van der Waals surface area (Å²) in [5.74, 6) is 3.30. The summed E-state index contributed by atoms with van der Waals surface area (Å²) >= 11 is 7.91. The fraction of sp³-hybridized carbons (Fsp3) is 0.538. The Labute approximate surface area is 107 Å². The first-order chi connectivity index (χ1) is 7.75. The minimum Gasteiger partial charge on any atom is -0.398 e. The molecule has 16 heavy (non-hydrogen) atoms. The van der Waals surface area contributed by atoms with E-state index in [1.807, 2.05) is 23.9 Å². The standard InChI is InChI=1S/C13H18ClNS/c14-12-6-5-11(7-13(12)15)9-16-8-10-3-1-2-4-10/h5-7,10H,1-4,8-9,15H2. The maximum absolute atomic E-state index is 5.89. The van der Waals surface area contributed by atoms with Crippen molar-refractivity contribution in [2.75, 3.05) is 11.5 Å². The van der Waals surface area contributed by atoms with Crippen molar-refractivity contribution in [2.24, 2.45) is 5.92 Å². The Morgan fingerprint density at radius 3 is 2.75 bits per heavy atom. The van der Waals surface area contributed by atoms with Crippen molar-refractivity contribution in [1.29, 1.82) is 0 Å². The summed E-state index contributed by atoms with van der Waals surface area (Å²) in [6, 6.07) is 5.95. The van der Waals surface area contributed by atoms with E-state index in [4.69, 9.17) is 17.3 Å². The molecule has 1 fully saturated rings. The van der Waals surface area contributed by atoms with E-state index in [9.17, 15) is 0 Å². The number of anilines is 1. The zero-order valence-corrected chi connectivity index (χ0v) is 11.0. The maximum atomic E-state index is 5.89. The second-order valence-corrected chi connectivity index (χ2v) is 5.96. The third-order valence-electron chi connectivity index (χ3n) is 3.16. The molecule has 88 valence electrons. The smallest absolute Gasteiger partial charge is 0.0635 e. The van der Waals surface area contributed by atoms with Crippen LogP contribution in [-0.4, -0.2) is 5.75 Å². The van der Waals surface area contributed by atoms with Crippen LogP contribution in [0.2, 0.25) is 5.02 Å². The van der Waals surface area contributed by atoms with Crippen LogP contribution >= 0.6 is 23.4 Å². The average Bonchev–Trinajstić information content (AvgIpc) is 2.76. The van der Waals surface area contributed by atoms with Gasteiger partial charge in [-0.2, -0.15) is 11.8 Å². The SMILES string of the molecule is Nc1cc(CSCC2CCCC2)ccc1Cl. The molecule has 1 nitrogen and oxygen atoms in total. The monoisotopic (exact) mass is 255 g/mol. The Hall–Kier alpha value is -0.340. The van der Waals surface area contributed by atoms with E-state index in [1.54, 1.807) is 0 Å². The van der Waals surface area contributed by atoms with E-state index in [0.717, 1.165) is 11.7 Å². The van der Waals surface area contributed by atoms with Gasteiger partial charge >= 0.3 is 0 Å². The third kappa shape index (κ3) is 3.33. The second-order valence-electron chi connectivity index (χ2n) is 4.52. The van der Waals surface area contributed by atoms with Crippen molar-refractivity contribution >= 4 is 29.1 Å². The Morgan fingerprint density at radius 2 is 2.06 bits per heavy atom. The highest BCUT2D eigenvalue weighted by Crippen LogP contribution is 2.29. The molecule has 0 aliphatic heterocycles. The predicted octanol–water partition coefficient (Wildman–Crippen LogP) is 4.35. The average molecular weight is 256 g/mol. The van der Waals surface area contributed by atoms with E-state index in [1.165, 1.54) is 37.0 Å². The Morgan fingerprint density at radius 1 is 1.31 bits per heavy atom. The van der Waals surface area contributed by atoms with E-state index < -0.39 is 0 Å². The highest BCUT2D eigenvalue weighted by atomic mass is 35.5. The third-order valence-corrected chi connectivity index (χ3v) is 4.75. The lowest BCUT2D eigenvalue weighted by Gasteiger charge is -2.08. The van der Waals surface area contributed by atoms with Gasteiger partial charge in [-0.3, -0.25) is 0 Å².